The van der Waals surface area contributed by atoms with Gasteiger partial charge in [-0.3, -0.25) is 9.78 Å². The lowest BCUT2D eigenvalue weighted by Crippen LogP contribution is -2.17. The van der Waals surface area contributed by atoms with E-state index in [1.54, 1.807) is 25.1 Å². The Morgan fingerprint density at radius 2 is 1.95 bits per heavy atom. The van der Waals surface area contributed by atoms with Crippen molar-refractivity contribution in [2.75, 3.05) is 0 Å². The molecule has 20 heavy (non-hydrogen) atoms. The second-order valence-corrected chi connectivity index (χ2v) is 4.06. The Balaban J connectivity index is 2.36. The fourth-order valence-corrected chi connectivity index (χ4v) is 1.71. The topological polar surface area (TPSA) is 39.2 Å². The standard InChI is InChI=1S/C14H10F3NO2/c1-9-11(8-19)5-6-13(18-9)10-3-2-4-12(7-10)20-14(15,16)17/h2-8H,1H3. The molecule has 0 amide bonds. The van der Waals surface area contributed by atoms with E-state index in [1.165, 1.54) is 18.2 Å². The van der Waals surface area contributed by atoms with Crippen molar-refractivity contribution in [1.82, 2.24) is 4.98 Å². The third-order valence-corrected chi connectivity index (χ3v) is 2.62. The van der Waals surface area contributed by atoms with Gasteiger partial charge < -0.3 is 4.74 Å². The lowest BCUT2D eigenvalue weighted by molar-refractivity contribution is -0.274. The fourth-order valence-electron chi connectivity index (χ4n) is 1.71. The van der Waals surface area contributed by atoms with Gasteiger partial charge in [0.15, 0.2) is 6.29 Å². The number of pyridine rings is 1. The van der Waals surface area contributed by atoms with Crippen LogP contribution in [0.5, 0.6) is 5.75 Å². The Hall–Kier alpha value is -2.37. The summed E-state index contributed by atoms with van der Waals surface area (Å²) >= 11 is 0. The van der Waals surface area contributed by atoms with Crippen molar-refractivity contribution >= 4 is 6.29 Å². The third kappa shape index (κ3) is 3.34. The molecule has 0 N–H and O–H groups in total. The third-order valence-electron chi connectivity index (χ3n) is 2.62. The summed E-state index contributed by atoms with van der Waals surface area (Å²) in [6.07, 6.45) is -4.06. The Morgan fingerprint density at radius 3 is 2.55 bits per heavy atom. The van der Waals surface area contributed by atoms with Crippen molar-refractivity contribution in [3.05, 3.63) is 47.7 Å². The molecule has 2 aromatic rings. The molecular weight excluding hydrogens is 271 g/mol. The highest BCUT2D eigenvalue weighted by Gasteiger charge is 2.31. The zero-order valence-corrected chi connectivity index (χ0v) is 10.4. The van der Waals surface area contributed by atoms with Crippen LogP contribution >= 0.6 is 0 Å². The van der Waals surface area contributed by atoms with Gasteiger partial charge in [0.25, 0.3) is 0 Å². The first kappa shape index (κ1) is 14.0. The Bertz CT molecular complexity index is 639. The molecule has 0 saturated carbocycles. The summed E-state index contributed by atoms with van der Waals surface area (Å²) in [7, 11) is 0. The van der Waals surface area contributed by atoms with Crippen LogP contribution in [-0.4, -0.2) is 17.6 Å². The monoisotopic (exact) mass is 281 g/mol. The van der Waals surface area contributed by atoms with E-state index in [-0.39, 0.29) is 5.75 Å². The number of ether oxygens (including phenoxy) is 1. The molecule has 0 aliphatic carbocycles. The second kappa shape index (κ2) is 5.32. The molecule has 0 fully saturated rings. The highest BCUT2D eigenvalue weighted by atomic mass is 19.4. The van der Waals surface area contributed by atoms with Crippen molar-refractivity contribution in [3.63, 3.8) is 0 Å². The van der Waals surface area contributed by atoms with Gasteiger partial charge in [0.1, 0.15) is 5.75 Å². The van der Waals surface area contributed by atoms with Crippen molar-refractivity contribution < 1.29 is 22.7 Å². The molecule has 0 aliphatic rings. The molecule has 2 rings (SSSR count). The summed E-state index contributed by atoms with van der Waals surface area (Å²) in [4.78, 5) is 14.9. The Labute approximate surface area is 113 Å². The maximum absolute atomic E-state index is 12.2. The Kier molecular flexibility index (Phi) is 3.74. The van der Waals surface area contributed by atoms with Crippen LogP contribution in [0, 0.1) is 6.92 Å². The number of carbonyl (C=O) groups excluding carboxylic acids is 1. The lowest BCUT2D eigenvalue weighted by Gasteiger charge is -2.10. The van der Waals surface area contributed by atoms with E-state index in [4.69, 9.17) is 0 Å². The highest BCUT2D eigenvalue weighted by molar-refractivity contribution is 5.77. The first-order valence-corrected chi connectivity index (χ1v) is 5.68. The summed E-state index contributed by atoms with van der Waals surface area (Å²) in [5.41, 5.74) is 1.91. The summed E-state index contributed by atoms with van der Waals surface area (Å²) in [5.74, 6) is -0.311. The van der Waals surface area contributed by atoms with Gasteiger partial charge >= 0.3 is 6.36 Å². The van der Waals surface area contributed by atoms with Crippen LogP contribution in [0.1, 0.15) is 16.1 Å². The van der Waals surface area contributed by atoms with E-state index < -0.39 is 6.36 Å². The largest absolute Gasteiger partial charge is 0.573 e. The van der Waals surface area contributed by atoms with E-state index in [1.807, 2.05) is 0 Å². The molecule has 3 nitrogen and oxygen atoms in total. The van der Waals surface area contributed by atoms with Gasteiger partial charge in [0.05, 0.1) is 5.69 Å². The summed E-state index contributed by atoms with van der Waals surface area (Å²) in [6, 6.07) is 8.66. The first-order valence-electron chi connectivity index (χ1n) is 5.68. The molecule has 0 saturated heterocycles. The number of hydrogen-bond acceptors (Lipinski definition) is 3. The van der Waals surface area contributed by atoms with Crippen LogP contribution in [0.3, 0.4) is 0 Å². The number of aromatic nitrogens is 1. The maximum Gasteiger partial charge on any atom is 0.573 e. The average molecular weight is 281 g/mol. The fraction of sp³-hybridized carbons (Fsp3) is 0.143. The Morgan fingerprint density at radius 1 is 1.20 bits per heavy atom. The molecule has 0 unspecified atom stereocenters. The number of alkyl halides is 3. The van der Waals surface area contributed by atoms with Gasteiger partial charge in [-0.15, -0.1) is 13.2 Å². The molecule has 1 aromatic heterocycles. The number of rotatable bonds is 3. The summed E-state index contributed by atoms with van der Waals surface area (Å²) in [5, 5.41) is 0. The van der Waals surface area contributed by atoms with Crippen molar-refractivity contribution in [2.24, 2.45) is 0 Å². The van der Waals surface area contributed by atoms with Crippen molar-refractivity contribution in [2.45, 2.75) is 13.3 Å². The molecular formula is C14H10F3NO2. The van der Waals surface area contributed by atoms with Gasteiger partial charge in [0, 0.05) is 16.8 Å². The van der Waals surface area contributed by atoms with Crippen molar-refractivity contribution in [3.8, 4) is 17.0 Å². The number of benzene rings is 1. The zero-order valence-electron chi connectivity index (χ0n) is 10.4. The molecule has 0 aliphatic heterocycles. The van der Waals surface area contributed by atoms with E-state index in [0.29, 0.717) is 28.8 Å². The van der Waals surface area contributed by atoms with Crippen LogP contribution in [0.4, 0.5) is 13.2 Å². The van der Waals surface area contributed by atoms with E-state index in [0.717, 1.165) is 0 Å². The number of carbonyl (C=O) groups is 1. The summed E-state index contributed by atoms with van der Waals surface area (Å²) < 4.78 is 40.3. The van der Waals surface area contributed by atoms with E-state index in [9.17, 15) is 18.0 Å². The van der Waals surface area contributed by atoms with Crippen LogP contribution in [0.15, 0.2) is 36.4 Å². The number of halogens is 3. The molecule has 0 spiro atoms. The lowest BCUT2D eigenvalue weighted by atomic mass is 10.1. The van der Waals surface area contributed by atoms with Crippen LogP contribution in [0.25, 0.3) is 11.3 Å². The molecule has 6 heteroatoms. The van der Waals surface area contributed by atoms with Gasteiger partial charge in [0.2, 0.25) is 0 Å². The maximum atomic E-state index is 12.2. The molecule has 0 atom stereocenters. The predicted octanol–water partition coefficient (Wildman–Crippen LogP) is 3.77. The average Bonchev–Trinajstić information content (AvgIpc) is 2.37. The number of aldehydes is 1. The normalized spacial score (nSPS) is 11.2. The van der Waals surface area contributed by atoms with Gasteiger partial charge in [-0.05, 0) is 31.2 Å². The molecule has 1 aromatic carbocycles. The number of nitrogens with zero attached hydrogens (tertiary/aromatic N) is 1. The molecule has 104 valence electrons. The SMILES string of the molecule is Cc1nc(-c2cccc(OC(F)(F)F)c2)ccc1C=O. The van der Waals surface area contributed by atoms with Crippen molar-refractivity contribution in [1.29, 1.82) is 0 Å². The van der Waals surface area contributed by atoms with Gasteiger partial charge in [-0.25, -0.2) is 0 Å². The first-order chi connectivity index (χ1) is 9.39. The summed E-state index contributed by atoms with van der Waals surface area (Å²) in [6.45, 7) is 1.66. The quantitative estimate of drug-likeness (QED) is 0.804. The zero-order chi connectivity index (χ0) is 14.8. The van der Waals surface area contributed by atoms with Crippen LogP contribution in [0.2, 0.25) is 0 Å². The number of aryl methyl sites for hydroxylation is 1. The minimum atomic E-state index is -4.73. The minimum Gasteiger partial charge on any atom is -0.406 e. The van der Waals surface area contributed by atoms with Gasteiger partial charge in [-0.2, -0.15) is 0 Å². The minimum absolute atomic E-state index is 0.311. The molecule has 0 bridgehead atoms. The van der Waals surface area contributed by atoms with E-state index in [2.05, 4.69) is 9.72 Å². The van der Waals surface area contributed by atoms with E-state index >= 15 is 0 Å². The van der Waals surface area contributed by atoms with Crippen LogP contribution in [-0.2, 0) is 0 Å². The van der Waals surface area contributed by atoms with Gasteiger partial charge in [-0.1, -0.05) is 12.1 Å². The number of hydrogen-bond donors (Lipinski definition) is 0. The molecule has 1 heterocycles. The van der Waals surface area contributed by atoms with Crippen LogP contribution < -0.4 is 4.74 Å². The smallest absolute Gasteiger partial charge is 0.406 e. The predicted molar refractivity (Wildman–Crippen MR) is 66.5 cm³/mol. The molecule has 0 radical (unpaired) electrons. The highest BCUT2D eigenvalue weighted by Crippen LogP contribution is 2.27. The second-order valence-electron chi connectivity index (χ2n) is 4.06.